The fourth-order valence-electron chi connectivity index (χ4n) is 4.51. The number of aliphatic hydroxyl groups excluding tert-OH is 2. The Labute approximate surface area is 236 Å². The summed E-state index contributed by atoms with van der Waals surface area (Å²) in [7, 11) is 0. The molecule has 1 saturated heterocycles. The van der Waals surface area contributed by atoms with E-state index in [2.05, 4.69) is 20.5 Å². The second-order valence-electron chi connectivity index (χ2n) is 8.83. The number of hydrogen-bond donors (Lipinski definition) is 3. The molecule has 1 fully saturated rings. The van der Waals surface area contributed by atoms with E-state index in [-0.39, 0.29) is 33.3 Å². The number of aromatic nitrogens is 6. The molecule has 5 rings (SSSR count). The quantitative estimate of drug-likeness (QED) is 0.159. The minimum atomic E-state index is -4.77. The number of benzene rings is 2. The van der Waals surface area contributed by atoms with E-state index in [1.807, 2.05) is 0 Å². The number of hydrogen-bond acceptors (Lipinski definition) is 7. The standard InChI is InChI=1S/C23H17Cl2F5N6O3S/c24-9-1-3-11(23(28,29)30)14(5-9)36-21(32-33-22(36)40)16-6-15(20(38)17(8-37)39-16)35-7-13(31-34-35)10-2-4-12(25)19(27)18(10)26/h1-5,7,15-17,20,37-38H,6,8H2,(H,33,40). The first kappa shape index (κ1) is 28.6. The number of H-pyrrole nitrogens is 1. The number of nitrogens with zero attached hydrogens (tertiary/aromatic N) is 5. The van der Waals surface area contributed by atoms with Gasteiger partial charge in [-0.05, 0) is 42.5 Å². The number of aliphatic hydroxyl groups is 2. The molecule has 2 aromatic heterocycles. The van der Waals surface area contributed by atoms with Gasteiger partial charge in [0.1, 0.15) is 24.0 Å². The van der Waals surface area contributed by atoms with E-state index in [1.165, 1.54) is 12.3 Å². The van der Waals surface area contributed by atoms with E-state index >= 15 is 0 Å². The Balaban J connectivity index is 1.55. The van der Waals surface area contributed by atoms with Crippen LogP contribution in [0.5, 0.6) is 0 Å². The molecule has 212 valence electrons. The van der Waals surface area contributed by atoms with Crippen molar-refractivity contribution in [3.63, 3.8) is 0 Å². The van der Waals surface area contributed by atoms with Gasteiger partial charge in [-0.25, -0.2) is 13.5 Å². The molecule has 1 aliphatic rings. The Morgan fingerprint density at radius 1 is 1.15 bits per heavy atom. The Kier molecular flexibility index (Phi) is 7.71. The van der Waals surface area contributed by atoms with E-state index in [4.69, 9.17) is 40.2 Å². The maximum Gasteiger partial charge on any atom is 0.418 e. The lowest BCUT2D eigenvalue weighted by Crippen LogP contribution is -2.45. The largest absolute Gasteiger partial charge is 0.418 e. The molecular weight excluding hydrogens is 606 g/mol. The molecule has 0 radical (unpaired) electrons. The van der Waals surface area contributed by atoms with Crippen molar-refractivity contribution in [3.05, 3.63) is 74.4 Å². The van der Waals surface area contributed by atoms with Crippen molar-refractivity contribution in [2.45, 2.75) is 37.0 Å². The predicted octanol–water partition coefficient (Wildman–Crippen LogP) is 5.22. The van der Waals surface area contributed by atoms with Crippen LogP contribution in [0.15, 0.2) is 36.5 Å². The Morgan fingerprint density at radius 2 is 1.90 bits per heavy atom. The average Bonchev–Trinajstić information content (AvgIpc) is 3.54. The van der Waals surface area contributed by atoms with Crippen LogP contribution in [0.25, 0.3) is 16.9 Å². The Hall–Kier alpha value is -2.95. The SMILES string of the molecule is OCC1OC(c2n[nH]c(=S)n2-c2cc(Cl)ccc2C(F)(F)F)CC(n2cc(-c3ccc(Cl)c(F)c3F)nn2)C1O. The van der Waals surface area contributed by atoms with E-state index in [0.29, 0.717) is 0 Å². The lowest BCUT2D eigenvalue weighted by atomic mass is 9.95. The first-order valence-corrected chi connectivity index (χ1v) is 12.6. The van der Waals surface area contributed by atoms with Crippen LogP contribution in [0.3, 0.4) is 0 Å². The molecule has 3 N–H and O–H groups in total. The third kappa shape index (κ3) is 5.12. The molecular formula is C23H17Cl2F5N6O3S. The van der Waals surface area contributed by atoms with Crippen LogP contribution in [-0.2, 0) is 10.9 Å². The molecule has 4 aromatic rings. The smallest absolute Gasteiger partial charge is 0.394 e. The van der Waals surface area contributed by atoms with Gasteiger partial charge in [-0.3, -0.25) is 9.67 Å². The van der Waals surface area contributed by atoms with Gasteiger partial charge in [0.25, 0.3) is 0 Å². The van der Waals surface area contributed by atoms with Gasteiger partial charge < -0.3 is 14.9 Å². The molecule has 0 saturated carbocycles. The van der Waals surface area contributed by atoms with Crippen LogP contribution in [0.1, 0.15) is 30.0 Å². The zero-order valence-electron chi connectivity index (χ0n) is 19.8. The molecule has 3 heterocycles. The van der Waals surface area contributed by atoms with Crippen LogP contribution < -0.4 is 0 Å². The van der Waals surface area contributed by atoms with Crippen molar-refractivity contribution in [2.24, 2.45) is 0 Å². The van der Waals surface area contributed by atoms with Gasteiger partial charge in [-0.15, -0.1) is 5.10 Å². The predicted molar refractivity (Wildman–Crippen MR) is 134 cm³/mol. The van der Waals surface area contributed by atoms with Gasteiger partial charge in [0.05, 0.1) is 35.1 Å². The van der Waals surface area contributed by atoms with Gasteiger partial charge in [0.2, 0.25) is 0 Å². The summed E-state index contributed by atoms with van der Waals surface area (Å²) in [5, 5.41) is 34.7. The molecule has 4 unspecified atom stereocenters. The first-order valence-electron chi connectivity index (χ1n) is 11.4. The van der Waals surface area contributed by atoms with Gasteiger partial charge in [-0.2, -0.15) is 18.3 Å². The van der Waals surface area contributed by atoms with E-state index in [1.54, 1.807) is 0 Å². The molecule has 0 spiro atoms. The summed E-state index contributed by atoms with van der Waals surface area (Å²) in [6, 6.07) is 4.31. The summed E-state index contributed by atoms with van der Waals surface area (Å²) in [4.78, 5) is 0. The van der Waals surface area contributed by atoms with Gasteiger partial charge in [0.15, 0.2) is 22.2 Å². The number of aromatic amines is 1. The van der Waals surface area contributed by atoms with Crippen LogP contribution in [0.2, 0.25) is 10.0 Å². The normalized spacial score (nSPS) is 21.6. The van der Waals surface area contributed by atoms with Gasteiger partial charge in [0, 0.05) is 17.0 Å². The molecule has 9 nitrogen and oxygen atoms in total. The average molecular weight is 623 g/mol. The minimum Gasteiger partial charge on any atom is -0.394 e. The van der Waals surface area contributed by atoms with Gasteiger partial charge >= 0.3 is 6.18 Å². The van der Waals surface area contributed by atoms with E-state index in [0.717, 1.165) is 33.5 Å². The molecule has 1 aliphatic heterocycles. The maximum atomic E-state index is 14.5. The lowest BCUT2D eigenvalue weighted by molar-refractivity contribution is -0.161. The molecule has 0 bridgehead atoms. The molecule has 2 aromatic carbocycles. The highest BCUT2D eigenvalue weighted by Crippen LogP contribution is 2.41. The van der Waals surface area contributed by atoms with Crippen molar-refractivity contribution in [1.82, 2.24) is 29.8 Å². The second-order valence-corrected chi connectivity index (χ2v) is 10.1. The highest BCUT2D eigenvalue weighted by molar-refractivity contribution is 7.71. The fourth-order valence-corrected chi connectivity index (χ4v) is 5.06. The zero-order valence-corrected chi connectivity index (χ0v) is 22.1. The summed E-state index contributed by atoms with van der Waals surface area (Å²) in [6.07, 6.45) is -7.41. The van der Waals surface area contributed by atoms with Crippen LogP contribution in [0.4, 0.5) is 22.0 Å². The molecule has 0 aliphatic carbocycles. The lowest BCUT2D eigenvalue weighted by Gasteiger charge is -2.38. The number of halogens is 7. The van der Waals surface area contributed by atoms with Crippen LogP contribution >= 0.6 is 35.4 Å². The minimum absolute atomic E-state index is 0.00385. The van der Waals surface area contributed by atoms with Crippen LogP contribution in [0, 0.1) is 16.4 Å². The number of ether oxygens (including phenoxy) is 1. The van der Waals surface area contributed by atoms with E-state index < -0.39 is 65.0 Å². The summed E-state index contributed by atoms with van der Waals surface area (Å²) >= 11 is 16.8. The van der Waals surface area contributed by atoms with Crippen molar-refractivity contribution in [2.75, 3.05) is 6.61 Å². The van der Waals surface area contributed by atoms with Crippen molar-refractivity contribution in [1.29, 1.82) is 0 Å². The summed E-state index contributed by atoms with van der Waals surface area (Å²) < 4.78 is 77.8. The molecule has 40 heavy (non-hydrogen) atoms. The van der Waals surface area contributed by atoms with Crippen molar-refractivity contribution < 1.29 is 36.9 Å². The maximum absolute atomic E-state index is 14.5. The number of rotatable bonds is 5. The Morgan fingerprint density at radius 3 is 2.60 bits per heavy atom. The fraction of sp³-hybridized carbons (Fsp3) is 0.304. The highest BCUT2D eigenvalue weighted by Gasteiger charge is 2.42. The third-order valence-electron chi connectivity index (χ3n) is 6.40. The van der Waals surface area contributed by atoms with Gasteiger partial charge in [-0.1, -0.05) is 28.4 Å². The van der Waals surface area contributed by atoms with Crippen molar-refractivity contribution >= 4 is 35.4 Å². The highest BCUT2D eigenvalue weighted by atomic mass is 35.5. The summed E-state index contributed by atoms with van der Waals surface area (Å²) in [5.74, 6) is -2.63. The molecule has 4 atom stereocenters. The molecule has 0 amide bonds. The number of nitrogens with one attached hydrogen (secondary N) is 1. The van der Waals surface area contributed by atoms with E-state index in [9.17, 15) is 32.2 Å². The molecule has 17 heteroatoms. The topological polar surface area (TPSA) is 114 Å². The summed E-state index contributed by atoms with van der Waals surface area (Å²) in [6.45, 7) is -0.678. The van der Waals surface area contributed by atoms with Crippen molar-refractivity contribution in [3.8, 4) is 16.9 Å². The van der Waals surface area contributed by atoms with Crippen LogP contribution in [-0.4, -0.2) is 58.8 Å². The number of alkyl halides is 3. The zero-order chi connectivity index (χ0) is 28.9. The third-order valence-corrected chi connectivity index (χ3v) is 7.20. The first-order chi connectivity index (χ1) is 18.9. The Bertz CT molecular complexity index is 1630. The monoisotopic (exact) mass is 622 g/mol. The summed E-state index contributed by atoms with van der Waals surface area (Å²) in [5.41, 5.74) is -1.78. The second kappa shape index (κ2) is 10.8.